The molecule has 0 spiro atoms. The number of amides is 4. The maximum Gasteiger partial charge on any atom is 0.433 e. The van der Waals surface area contributed by atoms with Crippen molar-refractivity contribution in [1.82, 2.24) is 9.99 Å². The summed E-state index contributed by atoms with van der Waals surface area (Å²) < 4.78 is 54.6. The number of rotatable bonds is 4. The highest BCUT2D eigenvalue weighted by molar-refractivity contribution is 6.33. The zero-order chi connectivity index (χ0) is 35.3. The molecule has 6 unspecified atom stereocenters. The molecular weight excluding hydrogens is 691 g/mol. The Bertz CT molecular complexity index is 2010. The molecule has 0 radical (unpaired) electrons. The lowest BCUT2D eigenvalue weighted by Gasteiger charge is -2.49. The fourth-order valence-electron chi connectivity index (χ4n) is 8.15. The van der Waals surface area contributed by atoms with Crippen LogP contribution in [0.5, 0.6) is 5.75 Å². The first-order valence-electron chi connectivity index (χ1n) is 15.2. The van der Waals surface area contributed by atoms with Crippen LogP contribution in [0.25, 0.3) is 0 Å². The van der Waals surface area contributed by atoms with E-state index in [-0.39, 0.29) is 34.3 Å². The van der Waals surface area contributed by atoms with Crippen LogP contribution < -0.4 is 9.91 Å². The predicted octanol–water partition coefficient (Wildman–Crippen LogP) is 6.53. The second kappa shape index (κ2) is 11.3. The van der Waals surface area contributed by atoms with Crippen molar-refractivity contribution in [3.05, 3.63) is 93.4 Å². The van der Waals surface area contributed by atoms with E-state index in [1.54, 1.807) is 31.2 Å². The zero-order valence-corrected chi connectivity index (χ0v) is 27.2. The summed E-state index contributed by atoms with van der Waals surface area (Å²) in [6.07, 6.45) is -3.07. The maximum absolute atomic E-state index is 14.4. The molecule has 254 valence electrons. The Morgan fingerprint density at radius 3 is 2.35 bits per heavy atom. The van der Waals surface area contributed by atoms with Crippen LogP contribution >= 0.6 is 23.2 Å². The molecule has 9 nitrogen and oxygen atoms in total. The fraction of sp³-hybridized carbons (Fsp3) is 0.324. The van der Waals surface area contributed by atoms with Crippen LogP contribution in [-0.4, -0.2) is 45.8 Å². The number of hydrogen-bond acceptors (Lipinski definition) is 7. The number of carbonyl (C=O) groups excluding carboxylic acids is 4. The van der Waals surface area contributed by atoms with E-state index in [4.69, 9.17) is 23.2 Å². The van der Waals surface area contributed by atoms with E-state index in [9.17, 15) is 41.8 Å². The Kier molecular flexibility index (Phi) is 7.60. The van der Waals surface area contributed by atoms with Gasteiger partial charge in [-0.3, -0.25) is 24.2 Å². The number of fused-ring (bicyclic) bond motifs is 4. The highest BCUT2D eigenvalue weighted by Gasteiger charge is 2.68. The van der Waals surface area contributed by atoms with E-state index >= 15 is 0 Å². The molecule has 2 saturated heterocycles. The summed E-state index contributed by atoms with van der Waals surface area (Å²) in [7, 11) is 1.21. The van der Waals surface area contributed by atoms with Gasteiger partial charge in [0.1, 0.15) is 17.3 Å². The van der Waals surface area contributed by atoms with Crippen molar-refractivity contribution in [2.75, 3.05) is 17.0 Å². The number of phenolic OH excluding ortho intramolecular Hbond substituents is 1. The summed E-state index contributed by atoms with van der Waals surface area (Å²) in [6.45, 7) is 1.62. The summed E-state index contributed by atoms with van der Waals surface area (Å²) in [4.78, 5) is 61.4. The molecule has 2 aliphatic carbocycles. The van der Waals surface area contributed by atoms with E-state index in [0.29, 0.717) is 17.2 Å². The topological polar surface area (TPSA) is 111 Å². The summed E-state index contributed by atoms with van der Waals surface area (Å²) in [6, 6.07) is 11.4. The molecule has 15 heteroatoms. The molecule has 6 atom stereocenters. The Morgan fingerprint density at radius 2 is 1.67 bits per heavy atom. The van der Waals surface area contributed by atoms with Crippen molar-refractivity contribution in [1.29, 1.82) is 0 Å². The standard InChI is InChI=1S/C34H26Cl2F4N4O5/c1-33-20(30(47)43(32(33)49)15-7-11-23(37)22(36)13-15)14-19-16(27(33)17-5-3-4-6-24(17)45)8-9-18-26(19)31(48)44(29(18)46)42(2)28-21(35)10-12-25(41-28)34(38,39)40/h3-8,10-13,18-20,26-27,45H,9,14H2,1-2H3. The van der Waals surface area contributed by atoms with E-state index in [2.05, 4.69) is 4.98 Å². The van der Waals surface area contributed by atoms with Crippen LogP contribution in [0.4, 0.5) is 29.1 Å². The van der Waals surface area contributed by atoms with Crippen LogP contribution in [-0.2, 0) is 25.4 Å². The number of phenols is 1. The van der Waals surface area contributed by atoms with Crippen LogP contribution in [0.1, 0.15) is 36.9 Å². The third-order valence-electron chi connectivity index (χ3n) is 10.4. The van der Waals surface area contributed by atoms with Gasteiger partial charge >= 0.3 is 6.18 Å². The van der Waals surface area contributed by atoms with Crippen molar-refractivity contribution in [3.8, 4) is 5.75 Å². The average molecular weight is 718 g/mol. The number of benzene rings is 2. The monoisotopic (exact) mass is 716 g/mol. The van der Waals surface area contributed by atoms with Gasteiger partial charge in [-0.2, -0.15) is 18.2 Å². The summed E-state index contributed by atoms with van der Waals surface area (Å²) in [5, 5.41) is 12.2. The predicted molar refractivity (Wildman–Crippen MR) is 169 cm³/mol. The van der Waals surface area contributed by atoms with Gasteiger partial charge in [-0.1, -0.05) is 53.1 Å². The molecule has 4 amide bonds. The zero-order valence-electron chi connectivity index (χ0n) is 25.7. The fourth-order valence-corrected chi connectivity index (χ4v) is 8.55. The Morgan fingerprint density at radius 1 is 0.959 bits per heavy atom. The molecule has 1 saturated carbocycles. The van der Waals surface area contributed by atoms with Crippen LogP contribution in [0.3, 0.4) is 0 Å². The van der Waals surface area contributed by atoms with Gasteiger partial charge in [0.25, 0.3) is 11.8 Å². The Balaban J connectivity index is 1.32. The maximum atomic E-state index is 14.4. The van der Waals surface area contributed by atoms with Crippen molar-refractivity contribution < 1.29 is 41.8 Å². The number of nitrogens with zero attached hydrogens (tertiary/aromatic N) is 4. The molecule has 0 bridgehead atoms. The van der Waals surface area contributed by atoms with Crippen molar-refractivity contribution >= 4 is 58.3 Å². The van der Waals surface area contributed by atoms with Gasteiger partial charge in [0.05, 0.1) is 38.9 Å². The largest absolute Gasteiger partial charge is 0.508 e. The highest BCUT2D eigenvalue weighted by Crippen LogP contribution is 2.64. The minimum absolute atomic E-state index is 0.0390. The quantitative estimate of drug-likeness (QED) is 0.186. The molecular formula is C34H26Cl2F4N4O5. The second-order valence-corrected chi connectivity index (χ2v) is 13.6. The van der Waals surface area contributed by atoms with E-state index in [0.717, 1.165) is 27.1 Å². The average Bonchev–Trinajstić information content (AvgIpc) is 3.41. The molecule has 2 aromatic carbocycles. The Labute approximate surface area is 286 Å². The number of halogens is 6. The third-order valence-corrected chi connectivity index (χ3v) is 11.0. The third kappa shape index (κ3) is 4.76. The van der Waals surface area contributed by atoms with Crippen molar-refractivity contribution in [3.63, 3.8) is 0 Å². The number of imide groups is 2. The molecule has 4 aliphatic rings. The molecule has 3 fully saturated rings. The van der Waals surface area contributed by atoms with Gasteiger partial charge in [-0.25, -0.2) is 14.3 Å². The molecule has 7 rings (SSSR count). The van der Waals surface area contributed by atoms with Gasteiger partial charge in [0, 0.05) is 18.5 Å². The first kappa shape index (κ1) is 33.0. The lowest BCUT2D eigenvalue weighted by atomic mass is 9.51. The smallest absolute Gasteiger partial charge is 0.433 e. The second-order valence-electron chi connectivity index (χ2n) is 12.8. The Hall–Kier alpha value is -4.49. The summed E-state index contributed by atoms with van der Waals surface area (Å²) >= 11 is 12.2. The highest BCUT2D eigenvalue weighted by atomic mass is 35.5. The molecule has 3 heterocycles. The number of aromatic nitrogens is 1. The number of hydrazine groups is 1. The van der Waals surface area contributed by atoms with Gasteiger partial charge in [0.2, 0.25) is 11.8 Å². The van der Waals surface area contributed by atoms with Crippen LogP contribution in [0.15, 0.2) is 66.2 Å². The van der Waals surface area contributed by atoms with Crippen LogP contribution in [0.2, 0.25) is 10.0 Å². The van der Waals surface area contributed by atoms with Gasteiger partial charge in [-0.05, 0) is 62.1 Å². The summed E-state index contributed by atoms with van der Waals surface area (Å²) in [5.74, 6) is -8.78. The number of anilines is 2. The van der Waals surface area contributed by atoms with E-state index in [1.165, 1.54) is 25.2 Å². The number of para-hydroxylation sites is 1. The number of hydrogen-bond donors (Lipinski definition) is 1. The van der Waals surface area contributed by atoms with Crippen LogP contribution in [0, 0.1) is 34.9 Å². The van der Waals surface area contributed by atoms with Crippen molar-refractivity contribution in [2.24, 2.45) is 29.1 Å². The van der Waals surface area contributed by atoms with Gasteiger partial charge in [-0.15, -0.1) is 0 Å². The molecule has 2 aliphatic heterocycles. The molecule has 3 aromatic rings. The van der Waals surface area contributed by atoms with E-state index < -0.39 is 82.1 Å². The number of alkyl halides is 3. The molecule has 1 aromatic heterocycles. The first-order valence-corrected chi connectivity index (χ1v) is 16.0. The molecule has 49 heavy (non-hydrogen) atoms. The SMILES string of the molecule is CN(c1nc(C(F)(F)F)ccc1Cl)N1C(=O)C2CC=C3C(CC4C(=O)N(c5ccc(F)c(Cl)c5)C(=O)C4(C)C3c3ccccc3O)C2C1=O. The first-order chi connectivity index (χ1) is 23.1. The lowest BCUT2D eigenvalue weighted by molar-refractivity contribution is -0.141. The minimum Gasteiger partial charge on any atom is -0.508 e. The lowest BCUT2D eigenvalue weighted by Crippen LogP contribution is -2.49. The van der Waals surface area contributed by atoms with Crippen molar-refractivity contribution in [2.45, 2.75) is 31.9 Å². The number of pyridine rings is 1. The normalized spacial score (nSPS) is 28.0. The van der Waals surface area contributed by atoms with Gasteiger partial charge < -0.3 is 5.11 Å². The minimum atomic E-state index is -4.82. The number of allylic oxidation sites excluding steroid dienone is 2. The number of carbonyl (C=O) groups is 4. The number of aromatic hydroxyl groups is 1. The molecule has 1 N–H and O–H groups in total. The summed E-state index contributed by atoms with van der Waals surface area (Å²) in [5.41, 5.74) is -1.80. The van der Waals surface area contributed by atoms with Gasteiger partial charge in [0.15, 0.2) is 5.82 Å². The van der Waals surface area contributed by atoms with E-state index in [1.807, 2.05) is 0 Å².